The lowest BCUT2D eigenvalue weighted by Crippen LogP contribution is -2.36. The Hall–Kier alpha value is -2.27. The van der Waals surface area contributed by atoms with E-state index in [1.807, 2.05) is 48.5 Å². The first-order valence-corrected chi connectivity index (χ1v) is 13.3. The number of nitrogens with zero attached hydrogens (tertiary/aromatic N) is 2. The molecule has 3 fully saturated rings. The van der Waals surface area contributed by atoms with Crippen molar-refractivity contribution in [1.29, 1.82) is 0 Å². The Labute approximate surface area is 222 Å². The first-order valence-electron chi connectivity index (χ1n) is 12.8. The summed E-state index contributed by atoms with van der Waals surface area (Å²) in [6.07, 6.45) is -0.589. The number of halogens is 1. The molecule has 2 aromatic carbocycles. The van der Waals surface area contributed by atoms with Gasteiger partial charge in [0.15, 0.2) is 0 Å². The normalized spacial score (nSPS) is 23.2. The molecule has 37 heavy (non-hydrogen) atoms. The molecule has 5 unspecified atom stereocenters. The number of aliphatic hydroxyl groups is 2. The Morgan fingerprint density at radius 1 is 0.703 bits per heavy atom. The highest BCUT2D eigenvalue weighted by Crippen LogP contribution is 2.25. The van der Waals surface area contributed by atoms with Crippen molar-refractivity contribution in [1.82, 2.24) is 0 Å². The minimum atomic E-state index is -0.780. The predicted octanol–water partition coefficient (Wildman–Crippen LogP) is 1.91. The standard InChI is InChI=1S/C27H35ClN2O7/c28-9-21(31)10-29(11-25-16-35-25)19-1-5-23(6-2-19)33-14-22(32)15-34-24-7-3-20(4-8-24)30(12-26-17-36-26)13-27-18-37-27/h1-8,21-22,25-27,31-32H,9-18H2. The molecule has 0 radical (unpaired) electrons. The van der Waals surface area contributed by atoms with Crippen LogP contribution in [-0.4, -0.2) is 106 Å². The van der Waals surface area contributed by atoms with Crippen LogP contribution < -0.4 is 19.3 Å². The Kier molecular flexibility index (Phi) is 8.91. The molecule has 9 nitrogen and oxygen atoms in total. The van der Waals surface area contributed by atoms with Gasteiger partial charge < -0.3 is 43.7 Å². The molecule has 202 valence electrons. The second kappa shape index (κ2) is 12.5. The van der Waals surface area contributed by atoms with Gasteiger partial charge in [0, 0.05) is 37.6 Å². The highest BCUT2D eigenvalue weighted by molar-refractivity contribution is 6.18. The topological polar surface area (TPSA) is 103 Å². The van der Waals surface area contributed by atoms with Crippen LogP contribution >= 0.6 is 11.6 Å². The maximum atomic E-state index is 10.4. The predicted molar refractivity (Wildman–Crippen MR) is 140 cm³/mol. The van der Waals surface area contributed by atoms with E-state index in [9.17, 15) is 10.2 Å². The summed E-state index contributed by atoms with van der Waals surface area (Å²) in [4.78, 5) is 4.34. The second-order valence-corrected chi connectivity index (χ2v) is 10.1. The van der Waals surface area contributed by atoms with E-state index >= 15 is 0 Å². The summed E-state index contributed by atoms with van der Waals surface area (Å²) >= 11 is 5.78. The fourth-order valence-electron chi connectivity index (χ4n) is 4.07. The Balaban J connectivity index is 1.05. The van der Waals surface area contributed by atoms with Gasteiger partial charge in [-0.3, -0.25) is 0 Å². The van der Waals surface area contributed by atoms with Crippen molar-refractivity contribution in [2.75, 3.05) is 74.9 Å². The number of alkyl halides is 1. The molecule has 3 saturated heterocycles. The minimum absolute atomic E-state index is 0.110. The lowest BCUT2D eigenvalue weighted by Gasteiger charge is -2.26. The third-order valence-corrected chi connectivity index (χ3v) is 6.73. The smallest absolute Gasteiger partial charge is 0.122 e. The average Bonchev–Trinajstić information content (AvgIpc) is 3.75. The zero-order valence-electron chi connectivity index (χ0n) is 20.8. The van der Waals surface area contributed by atoms with Gasteiger partial charge >= 0.3 is 0 Å². The number of rotatable bonds is 17. The molecular weight excluding hydrogens is 500 g/mol. The summed E-state index contributed by atoms with van der Waals surface area (Å²) in [5.41, 5.74) is 2.05. The number of anilines is 2. The Bertz CT molecular complexity index is 954. The molecule has 0 aromatic heterocycles. The quantitative estimate of drug-likeness (QED) is 0.233. The van der Waals surface area contributed by atoms with Gasteiger partial charge in [-0.1, -0.05) is 0 Å². The van der Waals surface area contributed by atoms with Crippen LogP contribution in [0.3, 0.4) is 0 Å². The van der Waals surface area contributed by atoms with E-state index in [1.165, 1.54) is 0 Å². The summed E-state index contributed by atoms with van der Waals surface area (Å²) in [6.45, 7) is 5.47. The number of ether oxygens (including phenoxy) is 5. The molecule has 0 bridgehead atoms. The minimum Gasteiger partial charge on any atom is -0.491 e. The number of hydrogen-bond donors (Lipinski definition) is 2. The molecule has 3 heterocycles. The van der Waals surface area contributed by atoms with Gasteiger partial charge in [-0.05, 0) is 48.5 Å². The van der Waals surface area contributed by atoms with Gasteiger partial charge in [0.2, 0.25) is 0 Å². The van der Waals surface area contributed by atoms with E-state index < -0.39 is 12.2 Å². The molecule has 5 rings (SSSR count). The van der Waals surface area contributed by atoms with Crippen molar-refractivity contribution < 1.29 is 33.9 Å². The van der Waals surface area contributed by atoms with E-state index in [4.69, 9.17) is 35.3 Å². The van der Waals surface area contributed by atoms with Crippen LogP contribution in [0.1, 0.15) is 0 Å². The van der Waals surface area contributed by atoms with Gasteiger partial charge in [-0.2, -0.15) is 0 Å². The Morgan fingerprint density at radius 2 is 1.11 bits per heavy atom. The molecular formula is C27H35ClN2O7. The van der Waals surface area contributed by atoms with Crippen LogP contribution in [-0.2, 0) is 14.2 Å². The van der Waals surface area contributed by atoms with Gasteiger partial charge in [0.1, 0.15) is 30.8 Å². The van der Waals surface area contributed by atoms with E-state index in [2.05, 4.69) is 9.80 Å². The molecule has 2 N–H and O–H groups in total. The van der Waals surface area contributed by atoms with Crippen LogP contribution in [0.5, 0.6) is 11.5 Å². The largest absolute Gasteiger partial charge is 0.491 e. The molecule has 5 atom stereocenters. The Morgan fingerprint density at radius 3 is 1.51 bits per heavy atom. The molecule has 0 amide bonds. The fraction of sp³-hybridized carbons (Fsp3) is 0.556. The second-order valence-electron chi connectivity index (χ2n) is 9.75. The van der Waals surface area contributed by atoms with Crippen molar-refractivity contribution >= 4 is 23.0 Å². The molecule has 0 aliphatic carbocycles. The molecule has 2 aromatic rings. The number of epoxide rings is 3. The SMILES string of the molecule is OC(COc1ccc(N(CC(O)CCl)CC2CO2)cc1)COc1ccc(N(CC2CO2)CC2CO2)cc1. The van der Waals surface area contributed by atoms with Crippen LogP contribution in [0.2, 0.25) is 0 Å². The van der Waals surface area contributed by atoms with Crippen molar-refractivity contribution in [3.63, 3.8) is 0 Å². The highest BCUT2D eigenvalue weighted by atomic mass is 35.5. The first kappa shape index (κ1) is 26.3. The molecule has 3 aliphatic heterocycles. The van der Waals surface area contributed by atoms with Gasteiger partial charge in [0.25, 0.3) is 0 Å². The van der Waals surface area contributed by atoms with Gasteiger partial charge in [0.05, 0.1) is 50.1 Å². The van der Waals surface area contributed by atoms with Gasteiger partial charge in [-0.15, -0.1) is 11.6 Å². The van der Waals surface area contributed by atoms with Crippen molar-refractivity contribution in [3.05, 3.63) is 48.5 Å². The van der Waals surface area contributed by atoms with E-state index in [1.54, 1.807) is 0 Å². The van der Waals surface area contributed by atoms with Crippen molar-refractivity contribution in [3.8, 4) is 11.5 Å². The van der Waals surface area contributed by atoms with Gasteiger partial charge in [-0.25, -0.2) is 0 Å². The molecule has 10 heteroatoms. The summed E-state index contributed by atoms with van der Waals surface area (Å²) in [5, 5.41) is 20.3. The van der Waals surface area contributed by atoms with Crippen LogP contribution in [0.4, 0.5) is 11.4 Å². The van der Waals surface area contributed by atoms with Crippen LogP contribution in [0.25, 0.3) is 0 Å². The zero-order valence-corrected chi connectivity index (χ0v) is 21.5. The lowest BCUT2D eigenvalue weighted by atomic mass is 10.2. The zero-order chi connectivity index (χ0) is 25.6. The first-order chi connectivity index (χ1) is 18.1. The van der Waals surface area contributed by atoms with Crippen molar-refractivity contribution in [2.45, 2.75) is 30.5 Å². The van der Waals surface area contributed by atoms with Crippen LogP contribution in [0, 0.1) is 0 Å². The van der Waals surface area contributed by atoms with Crippen molar-refractivity contribution in [2.24, 2.45) is 0 Å². The number of benzene rings is 2. The summed E-state index contributed by atoms with van der Waals surface area (Å²) in [7, 11) is 0. The molecule has 0 spiro atoms. The average molecular weight is 535 g/mol. The molecule has 3 aliphatic rings. The monoisotopic (exact) mass is 534 g/mol. The summed E-state index contributed by atoms with van der Waals surface area (Å²) in [6, 6.07) is 15.4. The van der Waals surface area contributed by atoms with E-state index in [-0.39, 0.29) is 25.2 Å². The number of hydrogen-bond acceptors (Lipinski definition) is 9. The third-order valence-electron chi connectivity index (χ3n) is 6.38. The molecule has 0 saturated carbocycles. The summed E-state index contributed by atoms with van der Waals surface area (Å²) in [5.74, 6) is 1.51. The van der Waals surface area contributed by atoms with E-state index in [0.29, 0.717) is 36.8 Å². The third kappa shape index (κ3) is 8.63. The van der Waals surface area contributed by atoms with E-state index in [0.717, 1.165) is 44.3 Å². The highest BCUT2D eigenvalue weighted by Gasteiger charge is 2.31. The fourth-order valence-corrected chi connectivity index (χ4v) is 4.17. The maximum absolute atomic E-state index is 10.4. The van der Waals surface area contributed by atoms with Crippen LogP contribution in [0.15, 0.2) is 48.5 Å². The lowest BCUT2D eigenvalue weighted by molar-refractivity contribution is 0.0626. The summed E-state index contributed by atoms with van der Waals surface area (Å²) < 4.78 is 27.6. The maximum Gasteiger partial charge on any atom is 0.122 e. The number of aliphatic hydroxyl groups excluding tert-OH is 2.